The predicted octanol–water partition coefficient (Wildman–Crippen LogP) is 3.25. The van der Waals surface area contributed by atoms with Crippen LogP contribution in [0, 0.1) is 0 Å². The first-order valence-electron chi connectivity index (χ1n) is 9.64. The van der Waals surface area contributed by atoms with Crippen LogP contribution >= 0.6 is 0 Å². The Morgan fingerprint density at radius 2 is 1.86 bits per heavy atom. The van der Waals surface area contributed by atoms with Gasteiger partial charge in [0.25, 0.3) is 5.91 Å². The molecule has 2 aliphatic heterocycles. The molecule has 2 heterocycles. The molecule has 4 rings (SSSR count). The van der Waals surface area contributed by atoms with Crippen LogP contribution in [0.5, 0.6) is 5.75 Å². The summed E-state index contributed by atoms with van der Waals surface area (Å²) in [6, 6.07) is 14.9. The molecule has 0 aromatic heterocycles. The Morgan fingerprint density at radius 3 is 2.55 bits per heavy atom. The number of ether oxygens (including phenoxy) is 1. The van der Waals surface area contributed by atoms with Crippen molar-refractivity contribution in [1.29, 1.82) is 0 Å². The molecule has 2 aliphatic rings. The van der Waals surface area contributed by atoms with Gasteiger partial charge in [0.05, 0.1) is 11.3 Å². The van der Waals surface area contributed by atoms with E-state index in [4.69, 9.17) is 9.84 Å². The second kappa shape index (κ2) is 7.97. The van der Waals surface area contributed by atoms with Gasteiger partial charge in [-0.3, -0.25) is 4.79 Å². The van der Waals surface area contributed by atoms with Gasteiger partial charge in [-0.1, -0.05) is 30.3 Å². The van der Waals surface area contributed by atoms with E-state index in [9.17, 15) is 9.59 Å². The molecule has 150 valence electrons. The second-order valence-electron chi connectivity index (χ2n) is 7.21. The Hall–Kier alpha value is -3.32. The van der Waals surface area contributed by atoms with Gasteiger partial charge in [0.2, 0.25) is 0 Å². The highest BCUT2D eigenvalue weighted by Gasteiger charge is 2.32. The Kier molecular flexibility index (Phi) is 5.22. The monoisotopic (exact) mass is 393 g/mol. The summed E-state index contributed by atoms with van der Waals surface area (Å²) in [5, 5.41) is 15.2. The molecule has 0 spiro atoms. The van der Waals surface area contributed by atoms with Gasteiger partial charge in [-0.25, -0.2) is 4.79 Å². The molecular formula is C22H23N3O4. The lowest BCUT2D eigenvalue weighted by molar-refractivity contribution is -0.110. The Balaban J connectivity index is 1.87. The topological polar surface area (TPSA) is 90.9 Å². The minimum atomic E-state index is -1.39. The molecule has 1 saturated heterocycles. The van der Waals surface area contributed by atoms with Gasteiger partial charge in [-0.15, -0.1) is 0 Å². The maximum Gasteiger partial charge on any atom is 0.511 e. The number of fused-ring (bicyclic) bond motifs is 1. The van der Waals surface area contributed by atoms with E-state index in [2.05, 4.69) is 15.5 Å². The zero-order valence-corrected chi connectivity index (χ0v) is 16.1. The van der Waals surface area contributed by atoms with Crippen LogP contribution < -0.4 is 15.4 Å². The highest BCUT2D eigenvalue weighted by atomic mass is 16.7. The van der Waals surface area contributed by atoms with Gasteiger partial charge in [-0.05, 0) is 49.7 Å². The third kappa shape index (κ3) is 3.82. The van der Waals surface area contributed by atoms with E-state index in [1.807, 2.05) is 37.4 Å². The summed E-state index contributed by atoms with van der Waals surface area (Å²) >= 11 is 0. The number of carbonyl (C=O) groups excluding carboxylic acids is 1. The number of carbonyl (C=O) groups is 2. The lowest BCUT2D eigenvalue weighted by Crippen LogP contribution is -2.40. The van der Waals surface area contributed by atoms with Crippen LogP contribution in [0.25, 0.3) is 11.3 Å². The number of hydrogen-bond donors (Lipinski definition) is 3. The molecule has 7 nitrogen and oxygen atoms in total. The molecule has 1 fully saturated rings. The number of nitrogens with one attached hydrogen (secondary N) is 2. The molecule has 0 bridgehead atoms. The largest absolute Gasteiger partial charge is 0.511 e. The summed E-state index contributed by atoms with van der Waals surface area (Å²) < 4.78 is 4.82. The van der Waals surface area contributed by atoms with Crippen molar-refractivity contribution in [3.8, 4) is 5.75 Å². The van der Waals surface area contributed by atoms with Gasteiger partial charge in [0.1, 0.15) is 5.75 Å². The van der Waals surface area contributed by atoms with E-state index in [-0.39, 0.29) is 11.7 Å². The van der Waals surface area contributed by atoms with E-state index in [1.165, 1.54) is 6.07 Å². The van der Waals surface area contributed by atoms with Crippen LogP contribution in [0.1, 0.15) is 24.0 Å². The predicted molar refractivity (Wildman–Crippen MR) is 111 cm³/mol. The van der Waals surface area contributed by atoms with Gasteiger partial charge in [-0.2, -0.15) is 0 Å². The zero-order valence-electron chi connectivity index (χ0n) is 16.1. The fourth-order valence-corrected chi connectivity index (χ4v) is 4.04. The number of anilines is 1. The molecule has 0 radical (unpaired) electrons. The minimum absolute atomic E-state index is 0.183. The first-order valence-corrected chi connectivity index (χ1v) is 9.64. The molecule has 2 aromatic carbocycles. The number of carboxylic acid groups (broad SMARTS) is 1. The standard InChI is InChI=1S/C22H23N3O4/c1-25(15-9-11-23-12-10-15)20(14-5-3-2-4-6-14)19-17-13-16(29-22(27)28)7-8-18(17)24-21(19)26/h2-8,13,15,23H,9-12H2,1H3,(H,24,26)(H,27,28)/b20-19-. The number of nitrogens with zero attached hydrogens (tertiary/aromatic N) is 1. The van der Waals surface area contributed by atoms with E-state index in [0.717, 1.165) is 37.2 Å². The highest BCUT2D eigenvalue weighted by molar-refractivity contribution is 6.36. The van der Waals surface area contributed by atoms with Crippen molar-refractivity contribution in [2.75, 3.05) is 25.5 Å². The summed E-state index contributed by atoms with van der Waals surface area (Å²) in [4.78, 5) is 26.1. The number of piperidine rings is 1. The number of rotatable bonds is 4. The normalized spacial score (nSPS) is 18.0. The van der Waals surface area contributed by atoms with Gasteiger partial charge in [0.15, 0.2) is 0 Å². The average Bonchev–Trinajstić information content (AvgIpc) is 3.04. The minimum Gasteiger partial charge on any atom is -0.449 e. The molecule has 0 aliphatic carbocycles. The fourth-order valence-electron chi connectivity index (χ4n) is 4.04. The van der Waals surface area contributed by atoms with Crippen molar-refractivity contribution >= 4 is 29.0 Å². The molecule has 2 aromatic rings. The molecule has 0 saturated carbocycles. The summed E-state index contributed by atoms with van der Waals surface area (Å²) in [6.07, 6.45) is 0.580. The zero-order chi connectivity index (χ0) is 20.4. The van der Waals surface area contributed by atoms with Gasteiger partial charge >= 0.3 is 6.16 Å². The molecule has 1 amide bonds. The number of benzene rings is 2. The summed E-state index contributed by atoms with van der Waals surface area (Å²) in [7, 11) is 2.02. The van der Waals surface area contributed by atoms with Crippen LogP contribution in [0.15, 0.2) is 48.5 Å². The van der Waals surface area contributed by atoms with Crippen LogP contribution in [-0.4, -0.2) is 48.2 Å². The maximum atomic E-state index is 13.0. The Morgan fingerprint density at radius 1 is 1.14 bits per heavy atom. The molecule has 29 heavy (non-hydrogen) atoms. The highest BCUT2D eigenvalue weighted by Crippen LogP contribution is 2.40. The SMILES string of the molecule is CN(/C(=C1\C(=O)Nc2ccc(OC(=O)O)cc21)c1ccccc1)C1CCNCC1. The van der Waals surface area contributed by atoms with Crippen molar-refractivity contribution < 1.29 is 19.4 Å². The van der Waals surface area contributed by atoms with Crippen molar-refractivity contribution in [1.82, 2.24) is 10.2 Å². The summed E-state index contributed by atoms with van der Waals surface area (Å²) in [5.74, 6) is -0.0192. The lowest BCUT2D eigenvalue weighted by atomic mass is 9.96. The average molecular weight is 393 g/mol. The van der Waals surface area contributed by atoms with Crippen LogP contribution in [0.4, 0.5) is 10.5 Å². The Labute approximate surface area is 169 Å². The third-order valence-electron chi connectivity index (χ3n) is 5.43. The van der Waals surface area contributed by atoms with Crippen LogP contribution in [-0.2, 0) is 4.79 Å². The van der Waals surface area contributed by atoms with Crippen LogP contribution in [0.2, 0.25) is 0 Å². The van der Waals surface area contributed by atoms with Crippen molar-refractivity contribution in [3.05, 3.63) is 59.7 Å². The molecule has 7 heteroatoms. The van der Waals surface area contributed by atoms with Gasteiger partial charge in [0, 0.05) is 24.3 Å². The van der Waals surface area contributed by atoms with E-state index in [1.54, 1.807) is 12.1 Å². The summed E-state index contributed by atoms with van der Waals surface area (Å²) in [6.45, 7) is 1.87. The van der Waals surface area contributed by atoms with E-state index >= 15 is 0 Å². The number of hydrogen-bond acceptors (Lipinski definition) is 5. The summed E-state index contributed by atoms with van der Waals surface area (Å²) in [5.41, 5.74) is 3.60. The van der Waals surface area contributed by atoms with Crippen molar-refractivity contribution in [2.45, 2.75) is 18.9 Å². The van der Waals surface area contributed by atoms with E-state index < -0.39 is 6.16 Å². The molecular weight excluding hydrogens is 370 g/mol. The molecule has 3 N–H and O–H groups in total. The lowest BCUT2D eigenvalue weighted by Gasteiger charge is -2.36. The van der Waals surface area contributed by atoms with E-state index in [0.29, 0.717) is 22.9 Å². The van der Waals surface area contributed by atoms with Crippen molar-refractivity contribution in [3.63, 3.8) is 0 Å². The quantitative estimate of drug-likeness (QED) is 0.420. The molecule has 0 atom stereocenters. The first kappa shape index (κ1) is 19.0. The second-order valence-corrected chi connectivity index (χ2v) is 7.21. The maximum absolute atomic E-state index is 13.0. The fraction of sp³-hybridized carbons (Fsp3) is 0.273. The smallest absolute Gasteiger partial charge is 0.449 e. The van der Waals surface area contributed by atoms with Crippen molar-refractivity contribution in [2.24, 2.45) is 0 Å². The van der Waals surface area contributed by atoms with Gasteiger partial charge < -0.3 is 25.4 Å². The number of amides is 1. The molecule has 0 unspecified atom stereocenters. The Bertz CT molecular complexity index is 965. The first-order chi connectivity index (χ1) is 14.0. The third-order valence-corrected chi connectivity index (χ3v) is 5.43. The van der Waals surface area contributed by atoms with Crippen LogP contribution in [0.3, 0.4) is 0 Å².